The minimum atomic E-state index is 0.201. The van der Waals surface area contributed by atoms with Gasteiger partial charge in [0.15, 0.2) is 0 Å². The molecule has 0 bridgehead atoms. The maximum absolute atomic E-state index is 6.09. The van der Waals surface area contributed by atoms with Crippen LogP contribution in [0.1, 0.15) is 31.4 Å². The summed E-state index contributed by atoms with van der Waals surface area (Å²) < 4.78 is 6.09. The first-order valence-corrected chi connectivity index (χ1v) is 9.87. The Labute approximate surface area is 157 Å². The van der Waals surface area contributed by atoms with Crippen molar-refractivity contribution in [3.8, 4) is 5.75 Å². The molecule has 26 heavy (non-hydrogen) atoms. The summed E-state index contributed by atoms with van der Waals surface area (Å²) in [4.78, 5) is 2.68. The lowest BCUT2D eigenvalue weighted by molar-refractivity contribution is 0.0391. The van der Waals surface area contributed by atoms with Crippen LogP contribution < -0.4 is 10.1 Å². The van der Waals surface area contributed by atoms with Crippen molar-refractivity contribution in [2.24, 2.45) is 5.92 Å². The minimum absolute atomic E-state index is 0.201. The van der Waals surface area contributed by atoms with Gasteiger partial charge in [0.1, 0.15) is 12.4 Å². The number of piperazine rings is 1. The Morgan fingerprint density at radius 3 is 2.85 bits per heavy atom. The lowest BCUT2D eigenvalue weighted by Gasteiger charge is -2.51. The van der Waals surface area contributed by atoms with Gasteiger partial charge in [0, 0.05) is 32.2 Å². The van der Waals surface area contributed by atoms with Gasteiger partial charge >= 0.3 is 0 Å². The van der Waals surface area contributed by atoms with Gasteiger partial charge in [0.25, 0.3) is 0 Å². The molecule has 2 aromatic carbocycles. The molecule has 3 atom stereocenters. The smallest absolute Gasteiger partial charge is 0.120 e. The predicted molar refractivity (Wildman–Crippen MR) is 107 cm³/mol. The summed E-state index contributed by atoms with van der Waals surface area (Å²) in [5, 5.41) is 3.57. The first kappa shape index (κ1) is 17.6. The molecule has 2 aliphatic heterocycles. The topological polar surface area (TPSA) is 24.5 Å². The van der Waals surface area contributed by atoms with Crippen molar-refractivity contribution in [3.63, 3.8) is 0 Å². The molecule has 0 saturated carbocycles. The summed E-state index contributed by atoms with van der Waals surface area (Å²) in [6, 6.07) is 19.8. The number of ether oxygens (including phenoxy) is 1. The molecule has 2 heterocycles. The summed E-state index contributed by atoms with van der Waals surface area (Å²) in [6.45, 7) is 10.1. The van der Waals surface area contributed by atoms with Crippen molar-refractivity contribution in [1.29, 1.82) is 0 Å². The van der Waals surface area contributed by atoms with E-state index in [1.165, 1.54) is 30.6 Å². The number of hydrogen-bond donors (Lipinski definition) is 1. The van der Waals surface area contributed by atoms with E-state index in [4.69, 9.17) is 4.74 Å². The minimum Gasteiger partial charge on any atom is -0.489 e. The van der Waals surface area contributed by atoms with Gasteiger partial charge in [-0.05, 0) is 41.0 Å². The molecule has 4 rings (SSSR count). The molecule has 138 valence electrons. The summed E-state index contributed by atoms with van der Waals surface area (Å²) in [5.41, 5.74) is 2.83. The standard InChI is InChI=1S/C23H30N2O/c1-18-16-25-12-11-24-15-21(25)14-23(18,2)20-9-6-10-22(13-20)26-17-19-7-4-3-5-8-19/h3-10,13,18,21,24H,11-12,14-17H2,1-2H3/t18?,21?,23-/m1/s1. The molecule has 2 saturated heterocycles. The van der Waals surface area contributed by atoms with Gasteiger partial charge in [0.05, 0.1) is 0 Å². The Morgan fingerprint density at radius 1 is 1.15 bits per heavy atom. The van der Waals surface area contributed by atoms with Crippen molar-refractivity contribution < 1.29 is 4.74 Å². The molecule has 3 nitrogen and oxygen atoms in total. The SMILES string of the molecule is CC1CN2CCNCC2C[C@@]1(C)c1cccc(OCc2ccccc2)c1. The molecular weight excluding hydrogens is 320 g/mol. The highest BCUT2D eigenvalue weighted by Crippen LogP contribution is 2.42. The van der Waals surface area contributed by atoms with Crippen LogP contribution in [0.3, 0.4) is 0 Å². The molecule has 0 amide bonds. The van der Waals surface area contributed by atoms with Crippen LogP contribution in [0.25, 0.3) is 0 Å². The van der Waals surface area contributed by atoms with Crippen LogP contribution in [0.2, 0.25) is 0 Å². The Hall–Kier alpha value is -1.84. The zero-order valence-electron chi connectivity index (χ0n) is 15.9. The Morgan fingerprint density at radius 2 is 2.00 bits per heavy atom. The Bertz CT molecular complexity index is 732. The first-order chi connectivity index (χ1) is 12.6. The fraction of sp³-hybridized carbons (Fsp3) is 0.478. The van der Waals surface area contributed by atoms with E-state index >= 15 is 0 Å². The maximum atomic E-state index is 6.09. The normalized spacial score (nSPS) is 29.2. The average molecular weight is 351 g/mol. The fourth-order valence-corrected chi connectivity index (χ4v) is 4.57. The first-order valence-electron chi connectivity index (χ1n) is 9.87. The third kappa shape index (κ3) is 3.51. The number of hydrogen-bond acceptors (Lipinski definition) is 3. The number of nitrogens with one attached hydrogen (secondary N) is 1. The highest BCUT2D eigenvalue weighted by Gasteiger charge is 2.43. The van der Waals surface area contributed by atoms with E-state index in [0.717, 1.165) is 18.8 Å². The van der Waals surface area contributed by atoms with E-state index in [9.17, 15) is 0 Å². The zero-order valence-corrected chi connectivity index (χ0v) is 15.9. The molecule has 0 aliphatic carbocycles. The van der Waals surface area contributed by atoms with Gasteiger partial charge in [0.2, 0.25) is 0 Å². The van der Waals surface area contributed by atoms with E-state index < -0.39 is 0 Å². The molecule has 0 aromatic heterocycles. The van der Waals surface area contributed by atoms with Crippen LogP contribution in [0.4, 0.5) is 0 Å². The second-order valence-corrected chi connectivity index (χ2v) is 8.18. The highest BCUT2D eigenvalue weighted by atomic mass is 16.5. The van der Waals surface area contributed by atoms with Crippen LogP contribution in [0.15, 0.2) is 54.6 Å². The van der Waals surface area contributed by atoms with Gasteiger partial charge in [-0.1, -0.05) is 56.3 Å². The molecule has 0 radical (unpaired) electrons. The highest BCUT2D eigenvalue weighted by molar-refractivity contribution is 5.35. The van der Waals surface area contributed by atoms with Crippen LogP contribution in [0, 0.1) is 5.92 Å². The monoisotopic (exact) mass is 350 g/mol. The summed E-state index contributed by atoms with van der Waals surface area (Å²) in [6.07, 6.45) is 1.21. The number of benzene rings is 2. The van der Waals surface area contributed by atoms with Gasteiger partial charge < -0.3 is 10.1 Å². The van der Waals surface area contributed by atoms with E-state index in [1.807, 2.05) is 6.07 Å². The number of piperidine rings is 1. The van der Waals surface area contributed by atoms with Gasteiger partial charge in [-0.2, -0.15) is 0 Å². The van der Waals surface area contributed by atoms with Crippen molar-refractivity contribution in [2.75, 3.05) is 26.2 Å². The van der Waals surface area contributed by atoms with E-state index in [2.05, 4.69) is 72.6 Å². The van der Waals surface area contributed by atoms with Crippen molar-refractivity contribution in [1.82, 2.24) is 10.2 Å². The van der Waals surface area contributed by atoms with E-state index in [1.54, 1.807) is 0 Å². The van der Waals surface area contributed by atoms with Gasteiger partial charge in [-0.3, -0.25) is 4.90 Å². The van der Waals surface area contributed by atoms with E-state index in [0.29, 0.717) is 18.6 Å². The third-order valence-electron chi connectivity index (χ3n) is 6.47. The number of fused-ring (bicyclic) bond motifs is 1. The largest absolute Gasteiger partial charge is 0.489 e. The molecule has 2 aliphatic rings. The third-order valence-corrected chi connectivity index (χ3v) is 6.47. The number of nitrogens with zero attached hydrogens (tertiary/aromatic N) is 1. The van der Waals surface area contributed by atoms with Crippen molar-refractivity contribution in [3.05, 3.63) is 65.7 Å². The van der Waals surface area contributed by atoms with Crippen molar-refractivity contribution >= 4 is 0 Å². The second kappa shape index (κ2) is 7.42. The average Bonchev–Trinajstić information content (AvgIpc) is 2.68. The van der Waals surface area contributed by atoms with Crippen LogP contribution >= 0.6 is 0 Å². The molecule has 2 unspecified atom stereocenters. The molecule has 1 N–H and O–H groups in total. The maximum Gasteiger partial charge on any atom is 0.120 e. The van der Waals surface area contributed by atoms with Gasteiger partial charge in [-0.25, -0.2) is 0 Å². The van der Waals surface area contributed by atoms with Gasteiger partial charge in [-0.15, -0.1) is 0 Å². The lowest BCUT2D eigenvalue weighted by Crippen LogP contribution is -2.60. The molecular formula is C23H30N2O. The Balaban J connectivity index is 1.51. The fourth-order valence-electron chi connectivity index (χ4n) is 4.57. The molecule has 2 fully saturated rings. The molecule has 0 spiro atoms. The number of rotatable bonds is 4. The van der Waals surface area contributed by atoms with Crippen LogP contribution in [-0.4, -0.2) is 37.1 Å². The second-order valence-electron chi connectivity index (χ2n) is 8.18. The lowest BCUT2D eigenvalue weighted by atomic mass is 9.65. The summed E-state index contributed by atoms with van der Waals surface area (Å²) in [5.74, 6) is 1.62. The molecule has 2 aromatic rings. The summed E-state index contributed by atoms with van der Waals surface area (Å²) >= 11 is 0. The van der Waals surface area contributed by atoms with E-state index in [-0.39, 0.29) is 5.41 Å². The Kier molecular flexibility index (Phi) is 5.01. The quantitative estimate of drug-likeness (QED) is 0.907. The zero-order chi connectivity index (χ0) is 18.0. The molecule has 3 heteroatoms. The van der Waals surface area contributed by atoms with Crippen LogP contribution in [0.5, 0.6) is 5.75 Å². The van der Waals surface area contributed by atoms with Crippen LogP contribution in [-0.2, 0) is 12.0 Å². The van der Waals surface area contributed by atoms with Crippen molar-refractivity contribution in [2.45, 2.75) is 38.3 Å². The predicted octanol–water partition coefficient (Wildman–Crippen LogP) is 3.84. The summed E-state index contributed by atoms with van der Waals surface area (Å²) in [7, 11) is 0.